The summed E-state index contributed by atoms with van der Waals surface area (Å²) in [4.78, 5) is 1.99. The first-order valence-electron chi connectivity index (χ1n) is 6.32. The molecule has 1 aromatic rings. The van der Waals surface area contributed by atoms with E-state index in [-0.39, 0.29) is 5.82 Å². The number of hydrogen-bond donors (Lipinski definition) is 2. The molecule has 1 rings (SSSR count). The van der Waals surface area contributed by atoms with Gasteiger partial charge in [-0.05, 0) is 24.7 Å². The standard InChI is InChI=1S/C14H23FN2O/c1-11(2)16-8-14(18)10-17(3)9-12-5-4-6-13(15)7-12/h4-7,11,14,16,18H,8-10H2,1-3H3. The largest absolute Gasteiger partial charge is 0.390 e. The molecule has 0 spiro atoms. The van der Waals surface area contributed by atoms with Gasteiger partial charge in [-0.3, -0.25) is 4.90 Å². The van der Waals surface area contributed by atoms with Crippen molar-refractivity contribution in [1.29, 1.82) is 0 Å². The highest BCUT2D eigenvalue weighted by Crippen LogP contribution is 2.06. The predicted octanol–water partition coefficient (Wildman–Crippen LogP) is 1.62. The molecular formula is C14H23FN2O. The van der Waals surface area contributed by atoms with Gasteiger partial charge in [0.15, 0.2) is 0 Å². The minimum absolute atomic E-state index is 0.220. The third-order valence-electron chi connectivity index (χ3n) is 2.63. The number of nitrogens with zero attached hydrogens (tertiary/aromatic N) is 1. The van der Waals surface area contributed by atoms with E-state index < -0.39 is 6.10 Å². The van der Waals surface area contributed by atoms with E-state index in [9.17, 15) is 9.50 Å². The van der Waals surface area contributed by atoms with Gasteiger partial charge in [-0.2, -0.15) is 0 Å². The highest BCUT2D eigenvalue weighted by Gasteiger charge is 2.09. The number of likely N-dealkylation sites (N-methyl/N-ethyl adjacent to an activating group) is 1. The van der Waals surface area contributed by atoms with Gasteiger partial charge in [0.1, 0.15) is 5.82 Å². The number of aliphatic hydroxyl groups is 1. The Morgan fingerprint density at radius 3 is 2.72 bits per heavy atom. The second kappa shape index (κ2) is 7.46. The molecule has 4 heteroatoms. The molecule has 0 bridgehead atoms. The lowest BCUT2D eigenvalue weighted by atomic mass is 10.2. The van der Waals surface area contributed by atoms with Gasteiger partial charge in [-0.15, -0.1) is 0 Å². The highest BCUT2D eigenvalue weighted by atomic mass is 19.1. The van der Waals surface area contributed by atoms with Gasteiger partial charge in [-0.1, -0.05) is 26.0 Å². The monoisotopic (exact) mass is 254 g/mol. The van der Waals surface area contributed by atoms with Crippen molar-refractivity contribution in [3.63, 3.8) is 0 Å². The lowest BCUT2D eigenvalue weighted by Crippen LogP contribution is -2.38. The van der Waals surface area contributed by atoms with E-state index in [0.29, 0.717) is 25.7 Å². The Labute approximate surface area is 109 Å². The van der Waals surface area contributed by atoms with Gasteiger partial charge in [0.25, 0.3) is 0 Å². The lowest BCUT2D eigenvalue weighted by Gasteiger charge is -2.21. The van der Waals surface area contributed by atoms with Crippen LogP contribution in [0.3, 0.4) is 0 Å². The van der Waals surface area contributed by atoms with Gasteiger partial charge >= 0.3 is 0 Å². The van der Waals surface area contributed by atoms with Crippen LogP contribution in [0.4, 0.5) is 4.39 Å². The zero-order chi connectivity index (χ0) is 13.5. The molecule has 0 amide bonds. The molecule has 0 aromatic heterocycles. The maximum absolute atomic E-state index is 13.0. The van der Waals surface area contributed by atoms with Crippen molar-refractivity contribution in [2.24, 2.45) is 0 Å². The summed E-state index contributed by atoms with van der Waals surface area (Å²) in [7, 11) is 1.92. The quantitative estimate of drug-likeness (QED) is 0.776. The van der Waals surface area contributed by atoms with E-state index in [1.54, 1.807) is 6.07 Å². The van der Waals surface area contributed by atoms with Crippen LogP contribution in [-0.2, 0) is 6.54 Å². The van der Waals surface area contributed by atoms with E-state index in [0.717, 1.165) is 5.56 Å². The summed E-state index contributed by atoms with van der Waals surface area (Å²) in [5, 5.41) is 13.0. The molecule has 0 aliphatic carbocycles. The van der Waals surface area contributed by atoms with Crippen LogP contribution in [0.25, 0.3) is 0 Å². The van der Waals surface area contributed by atoms with Crippen LogP contribution in [0.2, 0.25) is 0 Å². The van der Waals surface area contributed by atoms with Gasteiger partial charge < -0.3 is 10.4 Å². The Balaban J connectivity index is 2.34. The van der Waals surface area contributed by atoms with Crippen molar-refractivity contribution >= 4 is 0 Å². The van der Waals surface area contributed by atoms with Gasteiger partial charge in [0.05, 0.1) is 6.10 Å². The maximum Gasteiger partial charge on any atom is 0.123 e. The molecule has 2 N–H and O–H groups in total. The summed E-state index contributed by atoms with van der Waals surface area (Å²) in [6, 6.07) is 6.92. The number of rotatable bonds is 7. The molecule has 0 heterocycles. The summed E-state index contributed by atoms with van der Waals surface area (Å²) in [5.41, 5.74) is 0.918. The predicted molar refractivity (Wildman–Crippen MR) is 71.9 cm³/mol. The summed E-state index contributed by atoms with van der Waals surface area (Å²) in [5.74, 6) is -0.220. The molecule has 1 unspecified atom stereocenters. The van der Waals surface area contributed by atoms with Crippen molar-refractivity contribution in [2.75, 3.05) is 20.1 Å². The van der Waals surface area contributed by atoms with Crippen molar-refractivity contribution in [2.45, 2.75) is 32.5 Å². The van der Waals surface area contributed by atoms with E-state index >= 15 is 0 Å². The minimum atomic E-state index is -0.411. The average molecular weight is 254 g/mol. The average Bonchev–Trinajstić information content (AvgIpc) is 2.26. The van der Waals surface area contributed by atoms with E-state index in [1.165, 1.54) is 12.1 Å². The van der Waals surface area contributed by atoms with Crippen molar-refractivity contribution in [3.8, 4) is 0 Å². The normalized spacial score (nSPS) is 13.3. The minimum Gasteiger partial charge on any atom is -0.390 e. The molecule has 18 heavy (non-hydrogen) atoms. The molecule has 0 aliphatic rings. The smallest absolute Gasteiger partial charge is 0.123 e. The number of aliphatic hydroxyl groups excluding tert-OH is 1. The van der Waals surface area contributed by atoms with Crippen LogP contribution in [0.1, 0.15) is 19.4 Å². The molecule has 0 aliphatic heterocycles. The number of hydrogen-bond acceptors (Lipinski definition) is 3. The molecule has 1 atom stereocenters. The molecule has 0 fully saturated rings. The van der Waals surface area contributed by atoms with Crippen molar-refractivity contribution in [1.82, 2.24) is 10.2 Å². The number of halogens is 1. The summed E-state index contributed by atoms with van der Waals surface area (Å²) < 4.78 is 13.0. The zero-order valence-corrected chi connectivity index (χ0v) is 11.4. The van der Waals surface area contributed by atoms with Crippen LogP contribution in [0, 0.1) is 5.82 Å². The summed E-state index contributed by atoms with van der Waals surface area (Å²) in [6.45, 7) is 5.87. The molecular weight excluding hydrogens is 231 g/mol. The second-order valence-electron chi connectivity index (χ2n) is 5.04. The molecule has 0 saturated heterocycles. The molecule has 102 valence electrons. The Bertz CT molecular complexity index is 357. The number of benzene rings is 1. The maximum atomic E-state index is 13.0. The first kappa shape index (κ1) is 15.1. The van der Waals surface area contributed by atoms with Crippen LogP contribution < -0.4 is 5.32 Å². The van der Waals surface area contributed by atoms with E-state index in [4.69, 9.17) is 0 Å². The van der Waals surface area contributed by atoms with Gasteiger partial charge in [-0.25, -0.2) is 4.39 Å². The zero-order valence-electron chi connectivity index (χ0n) is 11.4. The molecule has 1 aromatic carbocycles. The molecule has 0 radical (unpaired) electrons. The summed E-state index contributed by atoms with van der Waals surface area (Å²) in [6.07, 6.45) is -0.411. The van der Waals surface area contributed by atoms with Crippen LogP contribution in [0.5, 0.6) is 0 Å². The van der Waals surface area contributed by atoms with E-state index in [1.807, 2.05) is 31.9 Å². The third kappa shape index (κ3) is 6.10. The number of nitrogens with one attached hydrogen (secondary N) is 1. The fraction of sp³-hybridized carbons (Fsp3) is 0.571. The Kier molecular flexibility index (Phi) is 6.25. The van der Waals surface area contributed by atoms with Crippen molar-refractivity contribution in [3.05, 3.63) is 35.6 Å². The Hall–Kier alpha value is -0.970. The highest BCUT2D eigenvalue weighted by molar-refractivity contribution is 5.16. The SMILES string of the molecule is CC(C)NCC(O)CN(C)Cc1cccc(F)c1. The topological polar surface area (TPSA) is 35.5 Å². The second-order valence-corrected chi connectivity index (χ2v) is 5.04. The fourth-order valence-electron chi connectivity index (χ4n) is 1.81. The third-order valence-corrected chi connectivity index (χ3v) is 2.63. The van der Waals surface area contributed by atoms with Crippen LogP contribution >= 0.6 is 0 Å². The lowest BCUT2D eigenvalue weighted by molar-refractivity contribution is 0.119. The molecule has 3 nitrogen and oxygen atoms in total. The van der Waals surface area contributed by atoms with Crippen LogP contribution in [0.15, 0.2) is 24.3 Å². The Morgan fingerprint density at radius 2 is 2.11 bits per heavy atom. The first-order chi connectivity index (χ1) is 8.47. The van der Waals surface area contributed by atoms with Gasteiger partial charge in [0.2, 0.25) is 0 Å². The Morgan fingerprint density at radius 1 is 1.39 bits per heavy atom. The van der Waals surface area contributed by atoms with E-state index in [2.05, 4.69) is 5.32 Å². The fourth-order valence-corrected chi connectivity index (χ4v) is 1.81. The van der Waals surface area contributed by atoms with Gasteiger partial charge in [0, 0.05) is 25.7 Å². The summed E-state index contributed by atoms with van der Waals surface area (Å²) >= 11 is 0. The van der Waals surface area contributed by atoms with Crippen LogP contribution in [-0.4, -0.2) is 42.3 Å². The molecule has 0 saturated carbocycles. The first-order valence-corrected chi connectivity index (χ1v) is 6.32. The van der Waals surface area contributed by atoms with Crippen molar-refractivity contribution < 1.29 is 9.50 Å².